The molecule has 1 aromatic rings. The molecule has 1 aliphatic carbocycles. The molecule has 0 saturated heterocycles. The van der Waals surface area contributed by atoms with Crippen LogP contribution in [0.4, 0.5) is 4.39 Å². The van der Waals surface area contributed by atoms with E-state index in [0.29, 0.717) is 5.56 Å². The van der Waals surface area contributed by atoms with Crippen molar-refractivity contribution in [2.24, 2.45) is 5.92 Å². The average molecular weight is 277 g/mol. The number of carbonyl (C=O) groups is 1. The molecule has 0 aliphatic heterocycles. The molecule has 1 aromatic carbocycles. The summed E-state index contributed by atoms with van der Waals surface area (Å²) in [6.07, 6.45) is 1.93. The van der Waals surface area contributed by atoms with Crippen LogP contribution in [-0.2, 0) is 9.53 Å². The first-order valence-electron chi connectivity index (χ1n) is 5.27. The number of rotatable bonds is 3. The lowest BCUT2D eigenvalue weighted by molar-refractivity contribution is -0.143. The third kappa shape index (κ3) is 2.55. The number of carbonyl (C=O) groups excluding carboxylic acids is 1. The van der Waals surface area contributed by atoms with Gasteiger partial charge in [-0.3, -0.25) is 4.79 Å². The summed E-state index contributed by atoms with van der Waals surface area (Å²) < 4.78 is 18.1. The van der Waals surface area contributed by atoms with Crippen molar-refractivity contribution < 1.29 is 13.9 Å². The molecule has 17 heavy (non-hydrogen) atoms. The van der Waals surface area contributed by atoms with Crippen LogP contribution in [0.1, 0.15) is 24.3 Å². The Balaban J connectivity index is 2.39. The Hall–Kier alpha value is -0.800. The SMILES string of the molecule is COC(=O)C(c1cc(Cl)c(F)c(Cl)c1)C1CC1. The second kappa shape index (κ2) is 4.83. The largest absolute Gasteiger partial charge is 0.469 e. The lowest BCUT2D eigenvalue weighted by Crippen LogP contribution is -2.16. The minimum atomic E-state index is -0.656. The monoisotopic (exact) mass is 276 g/mol. The summed E-state index contributed by atoms with van der Waals surface area (Å²) in [5.74, 6) is -1.13. The minimum absolute atomic E-state index is 0.0675. The number of methoxy groups -OCH3 is 1. The smallest absolute Gasteiger partial charge is 0.313 e. The molecule has 1 saturated carbocycles. The zero-order valence-electron chi connectivity index (χ0n) is 9.17. The van der Waals surface area contributed by atoms with Crippen LogP contribution in [0.2, 0.25) is 10.0 Å². The molecule has 0 spiro atoms. The molecule has 1 unspecified atom stereocenters. The van der Waals surface area contributed by atoms with Gasteiger partial charge in [0.1, 0.15) is 0 Å². The van der Waals surface area contributed by atoms with Gasteiger partial charge in [-0.15, -0.1) is 0 Å². The van der Waals surface area contributed by atoms with Gasteiger partial charge >= 0.3 is 5.97 Å². The molecule has 2 nitrogen and oxygen atoms in total. The van der Waals surface area contributed by atoms with E-state index in [9.17, 15) is 9.18 Å². The van der Waals surface area contributed by atoms with Gasteiger partial charge in [-0.25, -0.2) is 4.39 Å². The Kier molecular flexibility index (Phi) is 3.59. The summed E-state index contributed by atoms with van der Waals surface area (Å²) in [5.41, 5.74) is 0.621. The normalized spacial score (nSPS) is 16.7. The average Bonchev–Trinajstić information content (AvgIpc) is 3.10. The molecule has 0 heterocycles. The van der Waals surface area contributed by atoms with E-state index in [1.165, 1.54) is 19.2 Å². The molecule has 2 rings (SSSR count). The highest BCUT2D eigenvalue weighted by Crippen LogP contribution is 2.44. The summed E-state index contributed by atoms with van der Waals surface area (Å²) in [6, 6.07) is 2.89. The van der Waals surface area contributed by atoms with Crippen molar-refractivity contribution in [3.05, 3.63) is 33.6 Å². The third-order valence-corrected chi connectivity index (χ3v) is 3.46. The van der Waals surface area contributed by atoms with Crippen LogP contribution < -0.4 is 0 Å². The minimum Gasteiger partial charge on any atom is -0.469 e. The van der Waals surface area contributed by atoms with E-state index in [0.717, 1.165) is 12.8 Å². The molecular weight excluding hydrogens is 266 g/mol. The van der Waals surface area contributed by atoms with Gasteiger partial charge < -0.3 is 4.74 Å². The van der Waals surface area contributed by atoms with Gasteiger partial charge in [-0.05, 0) is 36.5 Å². The highest BCUT2D eigenvalue weighted by Gasteiger charge is 2.38. The van der Waals surface area contributed by atoms with Crippen molar-refractivity contribution in [2.45, 2.75) is 18.8 Å². The maximum absolute atomic E-state index is 13.3. The summed E-state index contributed by atoms with van der Waals surface area (Å²) in [6.45, 7) is 0. The van der Waals surface area contributed by atoms with E-state index >= 15 is 0 Å². The summed E-state index contributed by atoms with van der Waals surface area (Å²) >= 11 is 11.4. The molecule has 5 heteroatoms. The Morgan fingerprint density at radius 3 is 2.35 bits per heavy atom. The van der Waals surface area contributed by atoms with Crippen molar-refractivity contribution in [3.63, 3.8) is 0 Å². The third-order valence-electron chi connectivity index (χ3n) is 2.91. The van der Waals surface area contributed by atoms with E-state index < -0.39 is 11.7 Å². The van der Waals surface area contributed by atoms with Gasteiger partial charge in [0.05, 0.1) is 23.1 Å². The number of benzene rings is 1. The van der Waals surface area contributed by atoms with Crippen LogP contribution in [0.15, 0.2) is 12.1 Å². The number of halogens is 3. The summed E-state index contributed by atoms with van der Waals surface area (Å²) in [4.78, 5) is 11.7. The van der Waals surface area contributed by atoms with E-state index in [1.54, 1.807) is 0 Å². The fourth-order valence-electron chi connectivity index (χ4n) is 1.91. The Morgan fingerprint density at radius 1 is 1.41 bits per heavy atom. The predicted octanol–water partition coefficient (Wildman–Crippen LogP) is 3.80. The lowest BCUT2D eigenvalue weighted by atomic mass is 9.94. The zero-order chi connectivity index (χ0) is 12.6. The summed E-state index contributed by atoms with van der Waals surface area (Å²) in [7, 11) is 1.34. The fourth-order valence-corrected chi connectivity index (χ4v) is 2.42. The standard InChI is InChI=1S/C12H11Cl2FO2/c1-17-12(16)10(6-2-3-6)7-4-8(13)11(15)9(14)5-7/h4-6,10H,2-3H2,1H3. The second-order valence-electron chi connectivity index (χ2n) is 4.14. The van der Waals surface area contributed by atoms with Gasteiger partial charge in [0.25, 0.3) is 0 Å². The van der Waals surface area contributed by atoms with Crippen LogP contribution in [0.3, 0.4) is 0 Å². The number of ether oxygens (including phenoxy) is 1. The molecule has 1 fully saturated rings. The van der Waals surface area contributed by atoms with Crippen LogP contribution in [-0.4, -0.2) is 13.1 Å². The fraction of sp³-hybridized carbons (Fsp3) is 0.417. The maximum atomic E-state index is 13.3. The van der Waals surface area contributed by atoms with Crippen molar-refractivity contribution in [1.82, 2.24) is 0 Å². The Bertz CT molecular complexity index is 435. The highest BCUT2D eigenvalue weighted by molar-refractivity contribution is 6.35. The molecule has 0 radical (unpaired) electrons. The topological polar surface area (TPSA) is 26.3 Å². The van der Waals surface area contributed by atoms with Gasteiger partial charge in [0, 0.05) is 0 Å². The number of hydrogen-bond donors (Lipinski definition) is 0. The van der Waals surface area contributed by atoms with Gasteiger partial charge in [-0.2, -0.15) is 0 Å². The van der Waals surface area contributed by atoms with E-state index in [4.69, 9.17) is 27.9 Å². The first-order chi connectivity index (χ1) is 8.04. The van der Waals surface area contributed by atoms with Crippen molar-refractivity contribution in [3.8, 4) is 0 Å². The number of hydrogen-bond acceptors (Lipinski definition) is 2. The molecule has 1 aliphatic rings. The van der Waals surface area contributed by atoms with Gasteiger partial charge in [-0.1, -0.05) is 23.2 Å². The molecule has 92 valence electrons. The second-order valence-corrected chi connectivity index (χ2v) is 4.95. The van der Waals surface area contributed by atoms with Crippen LogP contribution in [0, 0.1) is 11.7 Å². The predicted molar refractivity (Wildman–Crippen MR) is 63.9 cm³/mol. The highest BCUT2D eigenvalue weighted by atomic mass is 35.5. The van der Waals surface area contributed by atoms with E-state index in [-0.39, 0.29) is 21.9 Å². The molecule has 1 atom stereocenters. The van der Waals surface area contributed by atoms with Gasteiger partial charge in [0.15, 0.2) is 5.82 Å². The molecule has 0 aromatic heterocycles. The zero-order valence-corrected chi connectivity index (χ0v) is 10.7. The maximum Gasteiger partial charge on any atom is 0.313 e. The Labute approximate surface area is 109 Å². The van der Waals surface area contributed by atoms with Crippen molar-refractivity contribution in [2.75, 3.05) is 7.11 Å². The molecule has 0 amide bonds. The molecule has 0 N–H and O–H groups in total. The van der Waals surface area contributed by atoms with Crippen molar-refractivity contribution in [1.29, 1.82) is 0 Å². The first kappa shape index (κ1) is 12.7. The van der Waals surface area contributed by atoms with E-state index in [2.05, 4.69) is 0 Å². The van der Waals surface area contributed by atoms with E-state index in [1.807, 2.05) is 0 Å². The lowest BCUT2D eigenvalue weighted by Gasteiger charge is -2.15. The van der Waals surface area contributed by atoms with Crippen LogP contribution in [0.5, 0.6) is 0 Å². The van der Waals surface area contributed by atoms with Crippen LogP contribution in [0.25, 0.3) is 0 Å². The van der Waals surface area contributed by atoms with Crippen molar-refractivity contribution >= 4 is 29.2 Å². The number of esters is 1. The quantitative estimate of drug-likeness (QED) is 0.620. The summed E-state index contributed by atoms with van der Waals surface area (Å²) in [5, 5.41) is -0.135. The first-order valence-corrected chi connectivity index (χ1v) is 6.02. The molecular formula is C12H11Cl2FO2. The van der Waals surface area contributed by atoms with Gasteiger partial charge in [0.2, 0.25) is 0 Å². The molecule has 0 bridgehead atoms. The Morgan fingerprint density at radius 2 is 1.94 bits per heavy atom. The van der Waals surface area contributed by atoms with Crippen LogP contribution >= 0.6 is 23.2 Å².